The average molecular weight is 474 g/mol. The number of nitrogens with zero attached hydrogens (tertiary/aromatic N) is 7. The minimum Gasteiger partial charge on any atom is -0.347 e. The van der Waals surface area contributed by atoms with E-state index in [0.717, 1.165) is 17.0 Å². The molecule has 0 spiro atoms. The smallest absolute Gasteiger partial charge is 0.270 e. The van der Waals surface area contributed by atoms with E-state index in [1.165, 1.54) is 0 Å². The standard InChI is InChI=1S/C24H27N9O2/c1-13-9-14(2)29-22(34)17(13)12-25-23(35)20-15(3)19(18-7-8-28-33(18)6)30-21(31-20)16-10-26-24(27-11-16)32(4)5/h7-11H,12H2,1-6H3,(H,25,35)(H,29,34). The number of pyridine rings is 1. The number of nitrogens with one attached hydrogen (secondary N) is 2. The van der Waals surface area contributed by atoms with Crippen LogP contribution in [0.15, 0.2) is 35.5 Å². The maximum Gasteiger partial charge on any atom is 0.270 e. The zero-order valence-corrected chi connectivity index (χ0v) is 20.5. The molecule has 1 amide bonds. The summed E-state index contributed by atoms with van der Waals surface area (Å²) in [6.45, 7) is 5.52. The number of aromatic nitrogens is 7. The molecule has 0 aliphatic rings. The van der Waals surface area contributed by atoms with Gasteiger partial charge >= 0.3 is 0 Å². The predicted molar refractivity (Wildman–Crippen MR) is 132 cm³/mol. The van der Waals surface area contributed by atoms with E-state index in [1.807, 2.05) is 40.1 Å². The summed E-state index contributed by atoms with van der Waals surface area (Å²) in [7, 11) is 5.50. The Morgan fingerprint density at radius 3 is 2.46 bits per heavy atom. The highest BCUT2D eigenvalue weighted by atomic mass is 16.2. The predicted octanol–water partition coefficient (Wildman–Crippen LogP) is 1.94. The van der Waals surface area contributed by atoms with Crippen molar-refractivity contribution in [3.63, 3.8) is 0 Å². The van der Waals surface area contributed by atoms with E-state index in [1.54, 1.807) is 42.1 Å². The van der Waals surface area contributed by atoms with Crippen molar-refractivity contribution in [2.24, 2.45) is 7.05 Å². The molecule has 0 aliphatic heterocycles. The van der Waals surface area contributed by atoms with Gasteiger partial charge in [-0.15, -0.1) is 0 Å². The van der Waals surface area contributed by atoms with Gasteiger partial charge in [-0.1, -0.05) is 0 Å². The lowest BCUT2D eigenvalue weighted by atomic mass is 10.1. The second-order valence-corrected chi connectivity index (χ2v) is 8.50. The van der Waals surface area contributed by atoms with Crippen LogP contribution >= 0.6 is 0 Å². The molecule has 0 aromatic carbocycles. The van der Waals surface area contributed by atoms with Crippen LogP contribution in [0.2, 0.25) is 0 Å². The van der Waals surface area contributed by atoms with Gasteiger partial charge in [0.2, 0.25) is 5.95 Å². The van der Waals surface area contributed by atoms with E-state index in [-0.39, 0.29) is 17.8 Å². The van der Waals surface area contributed by atoms with Crippen LogP contribution in [0.4, 0.5) is 5.95 Å². The SMILES string of the molecule is Cc1cc(C)c(CNC(=O)c2nc(-c3cnc(N(C)C)nc3)nc(-c3ccnn3C)c2C)c(=O)[nH]1. The summed E-state index contributed by atoms with van der Waals surface area (Å²) in [6.07, 6.45) is 4.91. The number of amides is 1. The molecule has 4 heterocycles. The fourth-order valence-electron chi connectivity index (χ4n) is 3.74. The van der Waals surface area contributed by atoms with Crippen LogP contribution in [0.1, 0.15) is 32.9 Å². The number of anilines is 1. The number of hydrogen-bond acceptors (Lipinski definition) is 8. The van der Waals surface area contributed by atoms with Crippen LogP contribution < -0.4 is 15.8 Å². The Labute approximate surface area is 202 Å². The second-order valence-electron chi connectivity index (χ2n) is 8.50. The fourth-order valence-corrected chi connectivity index (χ4v) is 3.74. The molecule has 0 aliphatic carbocycles. The van der Waals surface area contributed by atoms with E-state index in [2.05, 4.69) is 30.4 Å². The topological polar surface area (TPSA) is 135 Å². The molecule has 4 rings (SSSR count). The first kappa shape index (κ1) is 23.7. The van der Waals surface area contributed by atoms with Gasteiger partial charge in [0, 0.05) is 63.1 Å². The zero-order valence-electron chi connectivity index (χ0n) is 20.5. The van der Waals surface area contributed by atoms with E-state index >= 15 is 0 Å². The van der Waals surface area contributed by atoms with Gasteiger partial charge in [0.1, 0.15) is 5.69 Å². The van der Waals surface area contributed by atoms with Crippen LogP contribution in [0.3, 0.4) is 0 Å². The molecular formula is C24H27N9O2. The van der Waals surface area contributed by atoms with Crippen molar-refractivity contribution in [3.05, 3.63) is 69.2 Å². The van der Waals surface area contributed by atoms with Crippen LogP contribution in [-0.4, -0.2) is 54.7 Å². The van der Waals surface area contributed by atoms with Crippen molar-refractivity contribution in [2.75, 3.05) is 19.0 Å². The van der Waals surface area contributed by atoms with E-state index in [0.29, 0.717) is 34.2 Å². The number of carbonyl (C=O) groups excluding carboxylic acids is 1. The summed E-state index contributed by atoms with van der Waals surface area (Å²) in [4.78, 5) is 48.2. The summed E-state index contributed by atoms with van der Waals surface area (Å²) >= 11 is 0. The molecule has 0 unspecified atom stereocenters. The molecule has 0 saturated carbocycles. The van der Waals surface area contributed by atoms with Gasteiger partial charge in [0.15, 0.2) is 5.82 Å². The molecule has 0 radical (unpaired) electrons. The first-order valence-electron chi connectivity index (χ1n) is 11.0. The largest absolute Gasteiger partial charge is 0.347 e. The summed E-state index contributed by atoms with van der Waals surface area (Å²) in [5.74, 6) is 0.441. The first-order valence-corrected chi connectivity index (χ1v) is 11.0. The minimum absolute atomic E-state index is 0.0702. The van der Waals surface area contributed by atoms with Crippen molar-refractivity contribution in [3.8, 4) is 22.8 Å². The zero-order chi connectivity index (χ0) is 25.3. The quantitative estimate of drug-likeness (QED) is 0.434. The molecule has 4 aromatic heterocycles. The number of aromatic amines is 1. The molecule has 180 valence electrons. The van der Waals surface area contributed by atoms with Crippen molar-refractivity contribution in [2.45, 2.75) is 27.3 Å². The Hall–Kier alpha value is -4.41. The highest BCUT2D eigenvalue weighted by Gasteiger charge is 2.21. The molecular weight excluding hydrogens is 446 g/mol. The monoisotopic (exact) mass is 473 g/mol. The maximum absolute atomic E-state index is 13.3. The van der Waals surface area contributed by atoms with Crippen LogP contribution in [0, 0.1) is 20.8 Å². The highest BCUT2D eigenvalue weighted by molar-refractivity contribution is 5.95. The second kappa shape index (κ2) is 9.45. The van der Waals surface area contributed by atoms with Crippen molar-refractivity contribution in [1.29, 1.82) is 0 Å². The van der Waals surface area contributed by atoms with E-state index < -0.39 is 5.91 Å². The Bertz CT molecular complexity index is 1450. The van der Waals surface area contributed by atoms with Gasteiger partial charge in [-0.2, -0.15) is 5.10 Å². The van der Waals surface area contributed by atoms with Crippen molar-refractivity contribution >= 4 is 11.9 Å². The Morgan fingerprint density at radius 1 is 1.14 bits per heavy atom. The van der Waals surface area contributed by atoms with Crippen molar-refractivity contribution in [1.82, 2.24) is 40.0 Å². The number of H-pyrrole nitrogens is 1. The van der Waals surface area contributed by atoms with E-state index in [9.17, 15) is 9.59 Å². The number of hydrogen-bond donors (Lipinski definition) is 2. The molecule has 2 N–H and O–H groups in total. The van der Waals surface area contributed by atoms with Crippen LogP contribution in [-0.2, 0) is 13.6 Å². The third-order valence-corrected chi connectivity index (χ3v) is 5.64. The van der Waals surface area contributed by atoms with Gasteiger partial charge < -0.3 is 15.2 Å². The summed E-state index contributed by atoms with van der Waals surface area (Å²) in [6, 6.07) is 3.69. The first-order chi connectivity index (χ1) is 16.7. The third-order valence-electron chi connectivity index (χ3n) is 5.64. The lowest BCUT2D eigenvalue weighted by Gasteiger charge is -2.14. The lowest BCUT2D eigenvalue weighted by molar-refractivity contribution is 0.0945. The van der Waals surface area contributed by atoms with Gasteiger partial charge in [-0.3, -0.25) is 14.3 Å². The fraction of sp³-hybridized carbons (Fsp3) is 0.292. The van der Waals surface area contributed by atoms with Crippen molar-refractivity contribution < 1.29 is 4.79 Å². The summed E-state index contributed by atoms with van der Waals surface area (Å²) < 4.78 is 1.68. The molecule has 0 bridgehead atoms. The highest BCUT2D eigenvalue weighted by Crippen LogP contribution is 2.26. The van der Waals surface area contributed by atoms with Gasteiger partial charge in [0.05, 0.1) is 17.0 Å². The molecule has 4 aromatic rings. The summed E-state index contributed by atoms with van der Waals surface area (Å²) in [5.41, 5.74) is 4.51. The Morgan fingerprint density at radius 2 is 1.86 bits per heavy atom. The van der Waals surface area contributed by atoms with Gasteiger partial charge in [-0.05, 0) is 38.5 Å². The third kappa shape index (κ3) is 4.79. The molecule has 0 fully saturated rings. The Balaban J connectivity index is 1.75. The van der Waals surface area contributed by atoms with Gasteiger partial charge in [0.25, 0.3) is 11.5 Å². The maximum atomic E-state index is 13.3. The molecule has 11 nitrogen and oxygen atoms in total. The van der Waals surface area contributed by atoms with E-state index in [4.69, 9.17) is 4.98 Å². The normalized spacial score (nSPS) is 10.9. The average Bonchev–Trinajstić information content (AvgIpc) is 3.24. The number of carbonyl (C=O) groups is 1. The van der Waals surface area contributed by atoms with Crippen LogP contribution in [0.5, 0.6) is 0 Å². The molecule has 35 heavy (non-hydrogen) atoms. The molecule has 11 heteroatoms. The van der Waals surface area contributed by atoms with Gasteiger partial charge in [-0.25, -0.2) is 19.9 Å². The molecule has 0 saturated heterocycles. The molecule has 0 atom stereocenters. The number of aryl methyl sites for hydroxylation is 3. The lowest BCUT2D eigenvalue weighted by Crippen LogP contribution is -2.29. The van der Waals surface area contributed by atoms with Crippen LogP contribution in [0.25, 0.3) is 22.8 Å². The minimum atomic E-state index is -0.417. The summed E-state index contributed by atoms with van der Waals surface area (Å²) in [5, 5.41) is 7.07. The Kier molecular flexibility index (Phi) is 6.41. The number of rotatable bonds is 6.